The van der Waals surface area contributed by atoms with E-state index in [2.05, 4.69) is 76.6 Å². The van der Waals surface area contributed by atoms with Gasteiger partial charge in [-0.2, -0.15) is 0 Å². The second-order valence-corrected chi connectivity index (χ2v) is 8.23. The number of benzene rings is 2. The van der Waals surface area contributed by atoms with E-state index in [1.54, 1.807) is 11.8 Å². The summed E-state index contributed by atoms with van der Waals surface area (Å²) in [5, 5.41) is 5.90. The van der Waals surface area contributed by atoms with Crippen molar-refractivity contribution >= 4 is 45.2 Å². The summed E-state index contributed by atoms with van der Waals surface area (Å²) in [4.78, 5) is 7.30. The summed E-state index contributed by atoms with van der Waals surface area (Å²) < 4.78 is 2.18. The fraction of sp³-hybridized carbons (Fsp3) is 0.300. The van der Waals surface area contributed by atoms with E-state index in [1.165, 1.54) is 22.2 Å². The topological polar surface area (TPSA) is 30.6 Å². The van der Waals surface area contributed by atoms with Crippen LogP contribution in [0.4, 0.5) is 11.4 Å². The van der Waals surface area contributed by atoms with Crippen LogP contribution in [0.2, 0.25) is 0 Å². The summed E-state index contributed by atoms with van der Waals surface area (Å²) in [6.45, 7) is 2.14. The number of hydrogen-bond donors (Lipinski definition) is 1. The van der Waals surface area contributed by atoms with Crippen LogP contribution in [0.3, 0.4) is 0 Å². The largest absolute Gasteiger partial charge is 0.348 e. The summed E-state index contributed by atoms with van der Waals surface area (Å²) in [6, 6.07) is 19.3. The first-order valence-electron chi connectivity index (χ1n) is 8.77. The van der Waals surface area contributed by atoms with Gasteiger partial charge in [-0.3, -0.25) is 4.99 Å². The third-order valence-electron chi connectivity index (χ3n) is 4.69. The van der Waals surface area contributed by atoms with Crippen molar-refractivity contribution in [1.29, 1.82) is 0 Å². The third-order valence-corrected chi connectivity index (χ3v) is 6.46. The van der Waals surface area contributed by atoms with Crippen LogP contribution in [0.1, 0.15) is 11.6 Å². The van der Waals surface area contributed by atoms with Gasteiger partial charge in [0.2, 0.25) is 0 Å². The minimum absolute atomic E-state index is 0.254. The number of amidine groups is 2. The molecule has 0 bridgehead atoms. The molecule has 2 aromatic rings. The molecular formula is C20H23N4S2+. The Kier molecular flexibility index (Phi) is 5.22. The van der Waals surface area contributed by atoms with E-state index in [9.17, 15) is 0 Å². The van der Waals surface area contributed by atoms with Crippen LogP contribution in [0.15, 0.2) is 59.6 Å². The summed E-state index contributed by atoms with van der Waals surface area (Å²) in [5.74, 6) is 1.17. The summed E-state index contributed by atoms with van der Waals surface area (Å²) in [5.41, 5.74) is 3.55. The Hall–Kier alpha value is -1.92. The number of nitrogens with one attached hydrogen (secondary N) is 1. The minimum Gasteiger partial charge on any atom is -0.348 e. The average Bonchev–Trinajstić information content (AvgIpc) is 3.29. The lowest BCUT2D eigenvalue weighted by Crippen LogP contribution is -2.22. The third kappa shape index (κ3) is 3.62. The van der Waals surface area contributed by atoms with E-state index in [1.807, 2.05) is 17.8 Å². The molecule has 1 fully saturated rings. The van der Waals surface area contributed by atoms with Crippen molar-refractivity contribution in [3.63, 3.8) is 0 Å². The molecule has 6 heteroatoms. The molecule has 2 aliphatic heterocycles. The van der Waals surface area contributed by atoms with Crippen LogP contribution in [0, 0.1) is 0 Å². The van der Waals surface area contributed by atoms with Crippen LogP contribution >= 0.6 is 23.5 Å². The second-order valence-electron chi connectivity index (χ2n) is 6.38. The SMILES string of the molecule is CSC(Nc1cccc(C2CN3CCSC3=N2)c1)=[N+](C)c1ccccc1. The van der Waals surface area contributed by atoms with E-state index in [4.69, 9.17) is 4.99 Å². The lowest BCUT2D eigenvalue weighted by atomic mass is 10.1. The minimum atomic E-state index is 0.254. The molecule has 0 amide bonds. The molecule has 0 aliphatic carbocycles. The van der Waals surface area contributed by atoms with Gasteiger partial charge in [0, 0.05) is 18.8 Å². The van der Waals surface area contributed by atoms with Crippen molar-refractivity contribution in [2.75, 3.05) is 37.5 Å². The van der Waals surface area contributed by atoms with E-state index in [-0.39, 0.29) is 6.04 Å². The van der Waals surface area contributed by atoms with Crippen LogP contribution < -0.4 is 5.32 Å². The van der Waals surface area contributed by atoms with Crippen LogP contribution in [0.25, 0.3) is 0 Å². The molecule has 1 unspecified atom stereocenters. The number of anilines is 1. The van der Waals surface area contributed by atoms with Crippen LogP contribution in [-0.2, 0) is 0 Å². The van der Waals surface area contributed by atoms with Gasteiger partial charge in [-0.25, -0.2) is 9.89 Å². The molecule has 1 saturated heterocycles. The van der Waals surface area contributed by atoms with Crippen LogP contribution in [0.5, 0.6) is 0 Å². The van der Waals surface area contributed by atoms with E-state index >= 15 is 0 Å². The first-order chi connectivity index (χ1) is 12.7. The van der Waals surface area contributed by atoms with Gasteiger partial charge in [-0.05, 0) is 47.8 Å². The Balaban J connectivity index is 1.56. The molecule has 0 radical (unpaired) electrons. The van der Waals surface area contributed by atoms with Crippen molar-refractivity contribution in [3.8, 4) is 0 Å². The predicted molar refractivity (Wildman–Crippen MR) is 115 cm³/mol. The molecule has 1 atom stereocenters. The number of aliphatic imine (C=N–C) groups is 1. The quantitative estimate of drug-likeness (QED) is 0.488. The molecule has 2 heterocycles. The Morgan fingerprint density at radius 1 is 1.23 bits per heavy atom. The maximum absolute atomic E-state index is 4.90. The molecule has 0 spiro atoms. The van der Waals surface area contributed by atoms with E-state index in [0.29, 0.717) is 0 Å². The highest BCUT2D eigenvalue weighted by Crippen LogP contribution is 2.33. The van der Waals surface area contributed by atoms with Crippen LogP contribution in [-0.4, -0.2) is 52.0 Å². The number of thioether (sulfide) groups is 2. The van der Waals surface area contributed by atoms with Gasteiger partial charge in [-0.1, -0.05) is 42.1 Å². The molecular weight excluding hydrogens is 360 g/mol. The van der Waals surface area contributed by atoms with Crippen molar-refractivity contribution in [2.24, 2.45) is 4.99 Å². The van der Waals surface area contributed by atoms with Gasteiger partial charge in [0.1, 0.15) is 11.4 Å². The Labute approximate surface area is 163 Å². The fourth-order valence-electron chi connectivity index (χ4n) is 3.27. The Morgan fingerprint density at radius 2 is 2.08 bits per heavy atom. The highest BCUT2D eigenvalue weighted by atomic mass is 32.2. The molecule has 26 heavy (non-hydrogen) atoms. The van der Waals surface area contributed by atoms with Crippen molar-refractivity contribution in [3.05, 3.63) is 60.2 Å². The van der Waals surface area contributed by atoms with Crippen molar-refractivity contribution < 1.29 is 4.58 Å². The number of rotatable bonds is 3. The normalized spacial score (nSPS) is 19.8. The monoisotopic (exact) mass is 383 g/mol. The zero-order valence-corrected chi connectivity index (χ0v) is 16.7. The van der Waals surface area contributed by atoms with E-state index < -0.39 is 0 Å². The summed E-state index contributed by atoms with van der Waals surface area (Å²) >= 11 is 3.59. The summed E-state index contributed by atoms with van der Waals surface area (Å²) in [6.07, 6.45) is 2.10. The molecule has 134 valence electrons. The molecule has 4 rings (SSSR count). The molecule has 0 aromatic heterocycles. The van der Waals surface area contributed by atoms with Crippen molar-refractivity contribution in [2.45, 2.75) is 6.04 Å². The average molecular weight is 384 g/mol. The second kappa shape index (κ2) is 7.76. The van der Waals surface area contributed by atoms with Gasteiger partial charge in [0.15, 0.2) is 5.17 Å². The molecule has 2 aromatic carbocycles. The number of para-hydroxylation sites is 1. The maximum Gasteiger partial charge on any atom is 0.315 e. The standard InChI is InChI=1S/C20H22N4S2/c1-23(17-9-4-3-5-10-17)19(25-2)21-16-8-6-7-15(13-16)18-14-24-11-12-26-20(24)22-18/h3-10,13,18H,11-12,14H2,1-2H3/p+1. The van der Waals surface area contributed by atoms with E-state index in [0.717, 1.165) is 23.9 Å². The summed E-state index contributed by atoms with van der Waals surface area (Å²) in [7, 11) is 2.09. The van der Waals surface area contributed by atoms with Gasteiger partial charge >= 0.3 is 5.17 Å². The number of fused-ring (bicyclic) bond motifs is 1. The van der Waals surface area contributed by atoms with Gasteiger partial charge in [-0.15, -0.1) is 0 Å². The molecule has 4 nitrogen and oxygen atoms in total. The highest BCUT2D eigenvalue weighted by Gasteiger charge is 2.30. The number of nitrogens with zero attached hydrogens (tertiary/aromatic N) is 3. The zero-order chi connectivity index (χ0) is 17.9. The zero-order valence-electron chi connectivity index (χ0n) is 15.1. The maximum atomic E-state index is 4.90. The lowest BCUT2D eigenvalue weighted by Gasteiger charge is -2.13. The molecule has 1 N–H and O–H groups in total. The highest BCUT2D eigenvalue weighted by molar-refractivity contribution is 8.14. The Morgan fingerprint density at radius 3 is 2.85 bits per heavy atom. The van der Waals surface area contributed by atoms with Crippen molar-refractivity contribution in [1.82, 2.24) is 4.90 Å². The fourth-order valence-corrected chi connectivity index (χ4v) is 4.92. The molecule has 0 saturated carbocycles. The van der Waals surface area contributed by atoms with Gasteiger partial charge in [0.25, 0.3) is 0 Å². The lowest BCUT2D eigenvalue weighted by molar-refractivity contribution is -0.401. The number of hydrogen-bond acceptors (Lipinski definition) is 4. The Bertz CT molecular complexity index is 848. The smallest absolute Gasteiger partial charge is 0.315 e. The van der Waals surface area contributed by atoms with Gasteiger partial charge < -0.3 is 4.90 Å². The first-order valence-corrected chi connectivity index (χ1v) is 11.0. The molecule has 2 aliphatic rings. The predicted octanol–water partition coefficient (Wildman–Crippen LogP) is 4.25. The first kappa shape index (κ1) is 17.5. The van der Waals surface area contributed by atoms with Gasteiger partial charge in [0.05, 0.1) is 13.1 Å².